The van der Waals surface area contributed by atoms with Gasteiger partial charge in [-0.2, -0.15) is 0 Å². The third kappa shape index (κ3) is 47.2. The molecule has 8 nitrogen and oxygen atoms in total. The second-order valence-corrected chi connectivity index (χ2v) is 21.4. The predicted octanol–water partition coefficient (Wildman–Crippen LogP) is 15.2. The molecule has 0 aliphatic carbocycles. The molecule has 0 rings (SSSR count). The van der Waals surface area contributed by atoms with E-state index < -0.39 is 20.0 Å². The van der Waals surface area contributed by atoms with Gasteiger partial charge in [-0.25, -0.2) is 0 Å². The fraction of sp³-hybridized carbons (Fsp3) is 0.943. The summed E-state index contributed by atoms with van der Waals surface area (Å²) in [7, 11) is 1.31. The van der Waals surface area contributed by atoms with Crippen LogP contribution in [0.15, 0.2) is 12.2 Å². The zero-order chi connectivity index (χ0) is 45.7. The van der Waals surface area contributed by atoms with Crippen molar-refractivity contribution < 1.29 is 32.9 Å². The number of nitrogens with zero attached hydrogens (tertiary/aromatic N) is 1. The molecule has 0 saturated heterocycles. The van der Waals surface area contributed by atoms with Crippen LogP contribution in [0.3, 0.4) is 0 Å². The monoisotopic (exact) mass is 899 g/mol. The molecule has 62 heavy (non-hydrogen) atoms. The number of phosphoric acid groups is 1. The number of unbranched alkanes of at least 4 members (excludes halogenated alkanes) is 35. The maximum atomic E-state index is 12.9. The van der Waals surface area contributed by atoms with Crippen molar-refractivity contribution in [2.45, 2.75) is 283 Å². The highest BCUT2D eigenvalue weighted by atomic mass is 31.2. The van der Waals surface area contributed by atoms with Gasteiger partial charge in [0.15, 0.2) is 0 Å². The van der Waals surface area contributed by atoms with E-state index in [1.807, 2.05) is 21.1 Å². The summed E-state index contributed by atoms with van der Waals surface area (Å²) in [6.45, 7) is 4.72. The number of carbonyl (C=O) groups is 1. The molecule has 0 spiro atoms. The van der Waals surface area contributed by atoms with Crippen LogP contribution in [-0.2, 0) is 18.4 Å². The summed E-state index contributed by atoms with van der Waals surface area (Å²) in [4.78, 5) is 25.3. The van der Waals surface area contributed by atoms with E-state index >= 15 is 0 Å². The molecular weight excluding hydrogens is 792 g/mol. The lowest BCUT2D eigenvalue weighted by Crippen LogP contribution is -2.46. The Labute approximate surface area is 386 Å². The molecule has 2 N–H and O–H groups in total. The largest absolute Gasteiger partial charge is 0.756 e. The van der Waals surface area contributed by atoms with Crippen LogP contribution in [0.4, 0.5) is 0 Å². The fourth-order valence-electron chi connectivity index (χ4n) is 8.21. The van der Waals surface area contributed by atoms with E-state index in [2.05, 4.69) is 31.3 Å². The molecule has 3 atom stereocenters. The van der Waals surface area contributed by atoms with Crippen molar-refractivity contribution in [1.82, 2.24) is 5.32 Å². The number of rotatable bonds is 50. The predicted molar refractivity (Wildman–Crippen MR) is 266 cm³/mol. The maximum Gasteiger partial charge on any atom is 0.268 e. The molecule has 370 valence electrons. The highest BCUT2D eigenvalue weighted by Gasteiger charge is 2.24. The molecule has 0 aromatic carbocycles. The number of aliphatic hydroxyl groups excluding tert-OH is 1. The van der Waals surface area contributed by atoms with Crippen LogP contribution >= 0.6 is 7.82 Å². The Morgan fingerprint density at radius 3 is 1.26 bits per heavy atom. The summed E-state index contributed by atoms with van der Waals surface area (Å²) in [6, 6.07) is -0.794. The molecule has 0 bridgehead atoms. The number of hydrogen-bond acceptors (Lipinski definition) is 6. The Hall–Kier alpha value is -0.760. The van der Waals surface area contributed by atoms with Crippen molar-refractivity contribution in [3.63, 3.8) is 0 Å². The van der Waals surface area contributed by atoms with Gasteiger partial charge in [-0.1, -0.05) is 238 Å². The Bertz CT molecular complexity index is 1020. The molecule has 3 unspecified atom stereocenters. The summed E-state index contributed by atoms with van der Waals surface area (Å²) in [5.74, 6) is -0.162. The van der Waals surface area contributed by atoms with Crippen molar-refractivity contribution in [3.8, 4) is 0 Å². The summed E-state index contributed by atoms with van der Waals surface area (Å²) >= 11 is 0. The van der Waals surface area contributed by atoms with Crippen LogP contribution in [0.25, 0.3) is 0 Å². The third-order valence-corrected chi connectivity index (χ3v) is 13.5. The van der Waals surface area contributed by atoms with E-state index in [0.29, 0.717) is 23.9 Å². The van der Waals surface area contributed by atoms with Crippen LogP contribution < -0.4 is 10.2 Å². The highest BCUT2D eigenvalue weighted by molar-refractivity contribution is 7.45. The quantitative estimate of drug-likeness (QED) is 0.0272. The lowest BCUT2D eigenvalue weighted by Gasteiger charge is -2.30. The first kappa shape index (κ1) is 61.2. The first-order valence-electron chi connectivity index (χ1n) is 27.0. The van der Waals surface area contributed by atoms with Crippen molar-refractivity contribution in [3.05, 3.63) is 12.2 Å². The molecule has 0 radical (unpaired) electrons. The Balaban J connectivity index is 3.91. The van der Waals surface area contributed by atoms with Gasteiger partial charge in [-0.3, -0.25) is 9.36 Å². The Kier molecular flexibility index (Phi) is 44.8. The molecule has 0 aliphatic heterocycles. The minimum atomic E-state index is -4.56. The summed E-state index contributed by atoms with van der Waals surface area (Å²) in [5, 5.41) is 13.9. The molecule has 0 aliphatic rings. The normalized spacial score (nSPS) is 14.1. The fourth-order valence-corrected chi connectivity index (χ4v) is 8.94. The molecule has 1 amide bonds. The molecule has 0 saturated carbocycles. The van der Waals surface area contributed by atoms with E-state index in [0.717, 1.165) is 38.5 Å². The van der Waals surface area contributed by atoms with Gasteiger partial charge in [-0.15, -0.1) is 0 Å². The van der Waals surface area contributed by atoms with Gasteiger partial charge in [0.2, 0.25) is 5.91 Å². The summed E-state index contributed by atoms with van der Waals surface area (Å²) in [6.07, 6.45) is 54.1. The van der Waals surface area contributed by atoms with Crippen LogP contribution in [0, 0.1) is 0 Å². The van der Waals surface area contributed by atoms with Crippen molar-refractivity contribution in [2.75, 3.05) is 40.9 Å². The number of nitrogens with one attached hydrogen (secondary N) is 1. The molecule has 0 aromatic heterocycles. The smallest absolute Gasteiger partial charge is 0.268 e. The van der Waals surface area contributed by atoms with Crippen molar-refractivity contribution in [1.29, 1.82) is 0 Å². The SMILES string of the molecule is CCCCCCCCCC/C=C\CCCCCCCCCCCCCCCCCCCCCC(=O)NC(COP(=O)([O-])OCC[N+](C)(C)C)C(O)CCCCCCCCCCC. The number of aliphatic hydroxyl groups is 1. The number of phosphoric ester groups is 1. The third-order valence-electron chi connectivity index (χ3n) is 12.5. The van der Waals surface area contributed by atoms with Gasteiger partial charge in [0, 0.05) is 6.42 Å². The number of carbonyl (C=O) groups excluding carboxylic acids is 1. The second-order valence-electron chi connectivity index (χ2n) is 19.9. The lowest BCUT2D eigenvalue weighted by atomic mass is 10.0. The average Bonchev–Trinajstić information content (AvgIpc) is 3.23. The van der Waals surface area contributed by atoms with Gasteiger partial charge >= 0.3 is 0 Å². The number of hydrogen-bond donors (Lipinski definition) is 2. The van der Waals surface area contributed by atoms with Gasteiger partial charge in [-0.05, 0) is 38.5 Å². The minimum Gasteiger partial charge on any atom is -0.756 e. The van der Waals surface area contributed by atoms with E-state index in [1.54, 1.807) is 0 Å². The van der Waals surface area contributed by atoms with Crippen LogP contribution in [0.2, 0.25) is 0 Å². The van der Waals surface area contributed by atoms with Crippen molar-refractivity contribution >= 4 is 13.7 Å². The maximum absolute atomic E-state index is 12.9. The highest BCUT2D eigenvalue weighted by Crippen LogP contribution is 2.38. The lowest BCUT2D eigenvalue weighted by molar-refractivity contribution is -0.870. The van der Waals surface area contributed by atoms with Gasteiger partial charge in [0.25, 0.3) is 7.82 Å². The first-order valence-corrected chi connectivity index (χ1v) is 28.5. The van der Waals surface area contributed by atoms with E-state index in [9.17, 15) is 19.4 Å². The van der Waals surface area contributed by atoms with E-state index in [-0.39, 0.29) is 19.1 Å². The first-order chi connectivity index (χ1) is 30.0. The molecule has 0 heterocycles. The minimum absolute atomic E-state index is 0.0148. The van der Waals surface area contributed by atoms with Gasteiger partial charge in [0.05, 0.1) is 39.9 Å². The van der Waals surface area contributed by atoms with Crippen molar-refractivity contribution in [2.24, 2.45) is 0 Å². The molecule has 9 heteroatoms. The molecule has 0 fully saturated rings. The van der Waals surface area contributed by atoms with Gasteiger partial charge in [0.1, 0.15) is 13.2 Å². The molecule has 0 aromatic rings. The molecular formula is C53H107N2O6P. The topological polar surface area (TPSA) is 108 Å². The number of allylic oxidation sites excluding steroid dienone is 2. The second kappa shape index (κ2) is 45.4. The summed E-state index contributed by atoms with van der Waals surface area (Å²) < 4.78 is 23.3. The number of quaternary nitrogens is 1. The van der Waals surface area contributed by atoms with E-state index in [4.69, 9.17) is 9.05 Å². The van der Waals surface area contributed by atoms with Crippen LogP contribution in [0.1, 0.15) is 271 Å². The zero-order valence-corrected chi connectivity index (χ0v) is 43.0. The van der Waals surface area contributed by atoms with Gasteiger partial charge < -0.3 is 28.8 Å². The van der Waals surface area contributed by atoms with Crippen LogP contribution in [-0.4, -0.2) is 68.5 Å². The number of amides is 1. The Morgan fingerprint density at radius 2 is 0.887 bits per heavy atom. The summed E-state index contributed by atoms with van der Waals surface area (Å²) in [5.41, 5.74) is 0. The number of likely N-dealkylation sites (N-methyl/N-ethyl adjacent to an activating group) is 1. The van der Waals surface area contributed by atoms with E-state index in [1.165, 1.54) is 205 Å². The zero-order valence-electron chi connectivity index (χ0n) is 42.1. The Morgan fingerprint density at radius 1 is 0.548 bits per heavy atom. The standard InChI is InChI=1S/C53H107N2O6P/c1-6-8-10-12-14-16-17-18-19-20-21-22-23-24-25-26-27-28-29-30-31-32-33-34-35-36-37-39-41-43-45-47-53(57)54-51(50-61-62(58,59)60-49-48-55(3,4)5)52(56)46-44-42-40-38-15-13-11-9-7-2/h20-21,51-52,56H,6-19,22-50H2,1-5H3,(H-,54,57,58,59)/b21-20-. The van der Waals surface area contributed by atoms with Crippen LogP contribution in [0.5, 0.6) is 0 Å². The average molecular weight is 899 g/mol.